The van der Waals surface area contributed by atoms with Gasteiger partial charge < -0.3 is 10.2 Å². The highest BCUT2D eigenvalue weighted by molar-refractivity contribution is 5.33. The average molecular weight is 234 g/mol. The first kappa shape index (κ1) is 12.3. The van der Waals surface area contributed by atoms with E-state index in [-0.39, 0.29) is 0 Å². The molecule has 1 fully saturated rings. The van der Waals surface area contributed by atoms with Gasteiger partial charge in [0.15, 0.2) is 0 Å². The summed E-state index contributed by atoms with van der Waals surface area (Å²) in [6.45, 7) is 9.54. The van der Waals surface area contributed by atoms with Crippen LogP contribution >= 0.6 is 0 Å². The van der Waals surface area contributed by atoms with Crippen molar-refractivity contribution in [2.24, 2.45) is 5.92 Å². The fourth-order valence-electron chi connectivity index (χ4n) is 2.44. The third-order valence-electron chi connectivity index (χ3n) is 3.31. The molecule has 17 heavy (non-hydrogen) atoms. The molecule has 0 amide bonds. The van der Waals surface area contributed by atoms with E-state index in [2.05, 4.69) is 41.0 Å². The molecule has 1 saturated heterocycles. The summed E-state index contributed by atoms with van der Waals surface area (Å²) in [5.41, 5.74) is 1.15. The molecule has 2 rings (SSSR count). The zero-order valence-electron chi connectivity index (χ0n) is 11.0. The molecule has 0 bridgehead atoms. The molecule has 0 aliphatic carbocycles. The van der Waals surface area contributed by atoms with Crippen molar-refractivity contribution in [2.75, 3.05) is 18.0 Å². The Morgan fingerprint density at radius 2 is 2.06 bits per heavy atom. The summed E-state index contributed by atoms with van der Waals surface area (Å²) in [5.74, 6) is 1.62. The van der Waals surface area contributed by atoms with E-state index in [0.29, 0.717) is 6.04 Å². The van der Waals surface area contributed by atoms with Gasteiger partial charge in [0.05, 0.1) is 0 Å². The predicted octanol–water partition coefficient (Wildman–Crippen LogP) is 1.82. The van der Waals surface area contributed by atoms with Gasteiger partial charge in [0, 0.05) is 37.1 Å². The van der Waals surface area contributed by atoms with Crippen LogP contribution in [0.1, 0.15) is 32.8 Å². The van der Waals surface area contributed by atoms with Crippen LogP contribution in [0.15, 0.2) is 12.4 Å². The summed E-state index contributed by atoms with van der Waals surface area (Å²) in [4.78, 5) is 11.3. The van der Waals surface area contributed by atoms with Gasteiger partial charge in [0.25, 0.3) is 0 Å². The maximum atomic E-state index is 4.47. The highest BCUT2D eigenvalue weighted by atomic mass is 15.3. The minimum atomic E-state index is 0.560. The number of hydrogen-bond acceptors (Lipinski definition) is 4. The lowest BCUT2D eigenvalue weighted by molar-refractivity contribution is 0.624. The first-order valence-electron chi connectivity index (χ1n) is 6.49. The van der Waals surface area contributed by atoms with E-state index in [1.54, 1.807) is 0 Å². The Labute approximate surface area is 103 Å². The molecule has 1 aromatic heterocycles. The minimum Gasteiger partial charge on any atom is -0.338 e. The Morgan fingerprint density at radius 1 is 1.35 bits per heavy atom. The van der Waals surface area contributed by atoms with Crippen LogP contribution in [0.5, 0.6) is 0 Å². The van der Waals surface area contributed by atoms with Gasteiger partial charge in [-0.1, -0.05) is 13.8 Å². The van der Waals surface area contributed by atoms with E-state index in [4.69, 9.17) is 0 Å². The third kappa shape index (κ3) is 2.94. The van der Waals surface area contributed by atoms with Crippen molar-refractivity contribution in [1.82, 2.24) is 15.3 Å². The van der Waals surface area contributed by atoms with Crippen molar-refractivity contribution >= 4 is 5.95 Å². The third-order valence-corrected chi connectivity index (χ3v) is 3.31. The standard InChI is InChI=1S/C13H22N4/c1-4-14-6-12-7-15-13(16-8-12)17-9-10(2)5-11(17)3/h7-8,10-11,14H,4-6,9H2,1-3H3. The molecule has 0 saturated carbocycles. The van der Waals surface area contributed by atoms with E-state index in [1.165, 1.54) is 6.42 Å². The Morgan fingerprint density at radius 3 is 2.59 bits per heavy atom. The molecule has 2 heterocycles. The van der Waals surface area contributed by atoms with Crippen LogP contribution in [0.3, 0.4) is 0 Å². The van der Waals surface area contributed by atoms with Gasteiger partial charge >= 0.3 is 0 Å². The number of anilines is 1. The van der Waals surface area contributed by atoms with Crippen LogP contribution in [0.2, 0.25) is 0 Å². The van der Waals surface area contributed by atoms with Crippen molar-refractivity contribution in [3.63, 3.8) is 0 Å². The first-order chi connectivity index (χ1) is 8.20. The van der Waals surface area contributed by atoms with Gasteiger partial charge in [-0.05, 0) is 25.8 Å². The van der Waals surface area contributed by atoms with E-state index in [1.807, 2.05) is 12.4 Å². The molecule has 0 aromatic carbocycles. The van der Waals surface area contributed by atoms with Crippen molar-refractivity contribution < 1.29 is 0 Å². The maximum absolute atomic E-state index is 4.47. The first-order valence-corrected chi connectivity index (χ1v) is 6.49. The van der Waals surface area contributed by atoms with Crippen molar-refractivity contribution in [3.05, 3.63) is 18.0 Å². The topological polar surface area (TPSA) is 41.1 Å². The molecule has 1 aliphatic heterocycles. The Kier molecular flexibility index (Phi) is 3.94. The monoisotopic (exact) mass is 234 g/mol. The van der Waals surface area contributed by atoms with Crippen LogP contribution in [-0.2, 0) is 6.54 Å². The van der Waals surface area contributed by atoms with Crippen molar-refractivity contribution in [1.29, 1.82) is 0 Å². The second-order valence-corrected chi connectivity index (χ2v) is 5.01. The van der Waals surface area contributed by atoms with Gasteiger partial charge in [0.1, 0.15) is 0 Å². The fourth-order valence-corrected chi connectivity index (χ4v) is 2.44. The second kappa shape index (κ2) is 5.45. The number of aromatic nitrogens is 2. The fraction of sp³-hybridized carbons (Fsp3) is 0.692. The van der Waals surface area contributed by atoms with Crippen molar-refractivity contribution in [2.45, 2.75) is 39.8 Å². The Hall–Kier alpha value is -1.16. The smallest absolute Gasteiger partial charge is 0.225 e. The molecule has 4 nitrogen and oxygen atoms in total. The molecular weight excluding hydrogens is 212 g/mol. The van der Waals surface area contributed by atoms with E-state index >= 15 is 0 Å². The molecule has 4 heteroatoms. The maximum Gasteiger partial charge on any atom is 0.225 e. The molecule has 1 aromatic rings. The molecule has 0 spiro atoms. The summed E-state index contributed by atoms with van der Waals surface area (Å²) >= 11 is 0. The number of rotatable bonds is 4. The molecule has 1 N–H and O–H groups in total. The lowest BCUT2D eigenvalue weighted by atomic mass is 10.1. The van der Waals surface area contributed by atoms with Gasteiger partial charge in [-0.2, -0.15) is 0 Å². The van der Waals surface area contributed by atoms with E-state index < -0.39 is 0 Å². The summed E-state index contributed by atoms with van der Waals surface area (Å²) in [6.07, 6.45) is 5.10. The molecule has 1 aliphatic rings. The van der Waals surface area contributed by atoms with Gasteiger partial charge in [-0.3, -0.25) is 0 Å². The van der Waals surface area contributed by atoms with Gasteiger partial charge in [-0.15, -0.1) is 0 Å². The van der Waals surface area contributed by atoms with Gasteiger partial charge in [0.2, 0.25) is 5.95 Å². The number of nitrogens with zero attached hydrogens (tertiary/aromatic N) is 3. The van der Waals surface area contributed by atoms with Crippen LogP contribution in [0, 0.1) is 5.92 Å². The molecule has 94 valence electrons. The lowest BCUT2D eigenvalue weighted by Gasteiger charge is -2.21. The zero-order valence-corrected chi connectivity index (χ0v) is 11.0. The molecular formula is C13H22N4. The van der Waals surface area contributed by atoms with Crippen molar-refractivity contribution in [3.8, 4) is 0 Å². The Balaban J connectivity index is 2.02. The van der Waals surface area contributed by atoms with Crippen LogP contribution < -0.4 is 10.2 Å². The average Bonchev–Trinajstić information content (AvgIpc) is 2.66. The summed E-state index contributed by atoms with van der Waals surface area (Å²) in [5, 5.41) is 3.28. The summed E-state index contributed by atoms with van der Waals surface area (Å²) in [7, 11) is 0. The largest absolute Gasteiger partial charge is 0.338 e. The summed E-state index contributed by atoms with van der Waals surface area (Å²) < 4.78 is 0. The van der Waals surface area contributed by atoms with Crippen LogP contribution in [-0.4, -0.2) is 29.1 Å². The van der Waals surface area contributed by atoms with Gasteiger partial charge in [-0.25, -0.2) is 9.97 Å². The SMILES string of the molecule is CCNCc1cnc(N2CC(C)CC2C)nc1. The Bertz CT molecular complexity index is 349. The predicted molar refractivity (Wildman–Crippen MR) is 70.0 cm³/mol. The zero-order chi connectivity index (χ0) is 12.3. The van der Waals surface area contributed by atoms with Crippen LogP contribution in [0.4, 0.5) is 5.95 Å². The minimum absolute atomic E-state index is 0.560. The second-order valence-electron chi connectivity index (χ2n) is 5.01. The van der Waals surface area contributed by atoms with E-state index in [0.717, 1.165) is 37.1 Å². The quantitative estimate of drug-likeness (QED) is 0.863. The molecule has 2 unspecified atom stereocenters. The highest BCUT2D eigenvalue weighted by Gasteiger charge is 2.27. The normalized spacial score (nSPS) is 24.3. The number of nitrogens with one attached hydrogen (secondary N) is 1. The molecule has 0 radical (unpaired) electrons. The number of hydrogen-bond donors (Lipinski definition) is 1. The van der Waals surface area contributed by atoms with Crippen LogP contribution in [0.25, 0.3) is 0 Å². The highest BCUT2D eigenvalue weighted by Crippen LogP contribution is 2.25. The molecule has 2 atom stereocenters. The summed E-state index contributed by atoms with van der Waals surface area (Å²) in [6, 6.07) is 0.560. The lowest BCUT2D eigenvalue weighted by Crippen LogP contribution is -2.28. The van der Waals surface area contributed by atoms with E-state index in [9.17, 15) is 0 Å².